The zero-order valence-corrected chi connectivity index (χ0v) is 15.0. The second kappa shape index (κ2) is 7.34. The fourth-order valence-corrected chi connectivity index (χ4v) is 4.40. The molecule has 1 aliphatic carbocycles. The lowest BCUT2D eigenvalue weighted by Gasteiger charge is -2.35. The van der Waals surface area contributed by atoms with Crippen LogP contribution in [0.15, 0.2) is 30.3 Å². The van der Waals surface area contributed by atoms with Crippen molar-refractivity contribution in [3.05, 3.63) is 30.3 Å². The highest BCUT2D eigenvalue weighted by Crippen LogP contribution is 2.59. The minimum absolute atomic E-state index is 0.308. The van der Waals surface area contributed by atoms with Crippen molar-refractivity contribution in [3.8, 4) is 5.75 Å². The van der Waals surface area contributed by atoms with Crippen LogP contribution in [0.2, 0.25) is 0 Å². The fourth-order valence-electron chi connectivity index (χ4n) is 4.40. The lowest BCUT2D eigenvalue weighted by Crippen LogP contribution is -2.50. The number of piperidine rings is 1. The Labute approximate surface area is 150 Å². The number of nitrogens with zero attached hydrogens (tertiary/aromatic N) is 2. The van der Waals surface area contributed by atoms with Gasteiger partial charge < -0.3 is 15.0 Å². The molecule has 1 N–H and O–H groups in total. The summed E-state index contributed by atoms with van der Waals surface area (Å²) in [5.41, 5.74) is 0.350. The number of nitrogens with one attached hydrogen (secondary N) is 1. The Morgan fingerprint density at radius 3 is 2.56 bits per heavy atom. The number of hydrogen-bond donors (Lipinski definition) is 1. The lowest BCUT2D eigenvalue weighted by atomic mass is 9.91. The summed E-state index contributed by atoms with van der Waals surface area (Å²) in [4.78, 5) is 17.3. The third-order valence-electron chi connectivity index (χ3n) is 6.19. The van der Waals surface area contributed by atoms with Crippen LogP contribution >= 0.6 is 0 Å². The number of benzene rings is 1. The molecule has 1 amide bonds. The molecular formula is C20H29N3O2. The average molecular weight is 343 g/mol. The highest BCUT2D eigenvalue weighted by atomic mass is 16.5. The van der Waals surface area contributed by atoms with E-state index in [0.717, 1.165) is 58.0 Å². The van der Waals surface area contributed by atoms with Crippen LogP contribution < -0.4 is 10.1 Å². The Kier molecular flexibility index (Phi) is 4.95. The molecule has 0 aromatic heterocycles. The van der Waals surface area contributed by atoms with Gasteiger partial charge in [-0.3, -0.25) is 9.69 Å². The molecule has 25 heavy (non-hydrogen) atoms. The molecular weight excluding hydrogens is 314 g/mol. The number of carbonyl (C=O) groups is 1. The van der Waals surface area contributed by atoms with E-state index in [9.17, 15) is 4.79 Å². The number of hydrogen-bond acceptors (Lipinski definition) is 4. The Bertz CT molecular complexity index is 578. The number of rotatable bonds is 5. The molecule has 3 fully saturated rings. The molecule has 1 aromatic rings. The quantitative estimate of drug-likeness (QED) is 0.882. The normalized spacial score (nSPS) is 25.8. The Hall–Kier alpha value is -1.59. The van der Waals surface area contributed by atoms with Crippen molar-refractivity contribution in [3.63, 3.8) is 0 Å². The van der Waals surface area contributed by atoms with Crippen LogP contribution in [0.4, 0.5) is 0 Å². The van der Waals surface area contributed by atoms with E-state index in [0.29, 0.717) is 23.8 Å². The largest absolute Gasteiger partial charge is 0.492 e. The predicted octanol–water partition coefficient (Wildman–Crippen LogP) is 1.60. The van der Waals surface area contributed by atoms with Gasteiger partial charge in [0, 0.05) is 38.6 Å². The maximum atomic E-state index is 12.8. The van der Waals surface area contributed by atoms with Gasteiger partial charge in [-0.2, -0.15) is 0 Å². The van der Waals surface area contributed by atoms with Crippen molar-refractivity contribution >= 4 is 5.91 Å². The van der Waals surface area contributed by atoms with Crippen LogP contribution in [0.3, 0.4) is 0 Å². The minimum atomic E-state index is 0.308. The zero-order chi connectivity index (χ0) is 17.1. The third-order valence-corrected chi connectivity index (χ3v) is 6.19. The number of ether oxygens (including phenoxy) is 1. The Morgan fingerprint density at radius 2 is 1.84 bits per heavy atom. The third kappa shape index (κ3) is 3.82. The molecule has 0 bridgehead atoms. The first-order valence-electron chi connectivity index (χ1n) is 9.67. The first-order chi connectivity index (χ1) is 12.3. The van der Waals surface area contributed by atoms with Crippen molar-refractivity contribution < 1.29 is 9.53 Å². The summed E-state index contributed by atoms with van der Waals surface area (Å²) in [6.07, 6.45) is 3.49. The highest BCUT2D eigenvalue weighted by Gasteiger charge is 2.58. The van der Waals surface area contributed by atoms with E-state index in [1.54, 1.807) is 0 Å². The van der Waals surface area contributed by atoms with Gasteiger partial charge in [0.05, 0.1) is 0 Å². The average Bonchev–Trinajstić information content (AvgIpc) is 3.36. The van der Waals surface area contributed by atoms with Gasteiger partial charge >= 0.3 is 0 Å². The summed E-state index contributed by atoms with van der Waals surface area (Å²) in [5, 5.41) is 3.41. The molecule has 1 saturated carbocycles. The van der Waals surface area contributed by atoms with Gasteiger partial charge in [0.15, 0.2) is 0 Å². The van der Waals surface area contributed by atoms with Crippen LogP contribution in [0.5, 0.6) is 5.75 Å². The van der Waals surface area contributed by atoms with Crippen LogP contribution in [0, 0.1) is 11.3 Å². The molecule has 0 unspecified atom stereocenters. The lowest BCUT2D eigenvalue weighted by molar-refractivity contribution is -0.135. The molecule has 136 valence electrons. The predicted molar refractivity (Wildman–Crippen MR) is 97.6 cm³/mol. The van der Waals surface area contributed by atoms with E-state index in [-0.39, 0.29) is 0 Å². The SMILES string of the molecule is O=C([C@@H]1CC12CCNCC2)N1CCN(CCOc2ccccc2)CC1. The van der Waals surface area contributed by atoms with E-state index < -0.39 is 0 Å². The molecule has 2 heterocycles. The van der Waals surface area contributed by atoms with Gasteiger partial charge in [0.2, 0.25) is 5.91 Å². The Balaban J connectivity index is 1.18. The highest BCUT2D eigenvalue weighted by molar-refractivity contribution is 5.82. The van der Waals surface area contributed by atoms with Crippen molar-refractivity contribution in [2.24, 2.45) is 11.3 Å². The van der Waals surface area contributed by atoms with Crippen LogP contribution in [0.1, 0.15) is 19.3 Å². The Morgan fingerprint density at radius 1 is 1.12 bits per heavy atom. The fraction of sp³-hybridized carbons (Fsp3) is 0.650. The molecule has 1 atom stereocenters. The molecule has 0 radical (unpaired) electrons. The summed E-state index contributed by atoms with van der Waals surface area (Å²) in [5.74, 6) is 1.65. The molecule has 1 aromatic carbocycles. The summed E-state index contributed by atoms with van der Waals surface area (Å²) < 4.78 is 5.78. The first-order valence-corrected chi connectivity index (χ1v) is 9.67. The standard InChI is InChI=1S/C20H29N3O2/c24-19(18-16-20(18)6-8-21-9-7-20)23-12-10-22(11-13-23)14-15-25-17-4-2-1-3-5-17/h1-5,18,21H,6-16H2/t18-/m0/s1. The first kappa shape index (κ1) is 16.9. The van der Waals surface area contributed by atoms with E-state index in [1.165, 1.54) is 12.8 Å². The van der Waals surface area contributed by atoms with E-state index in [4.69, 9.17) is 4.74 Å². The molecule has 2 saturated heterocycles. The van der Waals surface area contributed by atoms with Gasteiger partial charge in [0.25, 0.3) is 0 Å². The van der Waals surface area contributed by atoms with Crippen molar-refractivity contribution in [1.82, 2.24) is 15.1 Å². The van der Waals surface area contributed by atoms with Crippen molar-refractivity contribution in [2.45, 2.75) is 19.3 Å². The molecule has 4 rings (SSSR count). The molecule has 5 heteroatoms. The second-order valence-electron chi connectivity index (χ2n) is 7.70. The van der Waals surface area contributed by atoms with Crippen molar-refractivity contribution in [2.75, 3.05) is 52.4 Å². The maximum Gasteiger partial charge on any atom is 0.226 e. The summed E-state index contributed by atoms with van der Waals surface area (Å²) >= 11 is 0. The minimum Gasteiger partial charge on any atom is -0.492 e. The monoisotopic (exact) mass is 343 g/mol. The van der Waals surface area contributed by atoms with Crippen molar-refractivity contribution in [1.29, 1.82) is 0 Å². The van der Waals surface area contributed by atoms with E-state index in [2.05, 4.69) is 15.1 Å². The van der Waals surface area contributed by atoms with Crippen LogP contribution in [-0.4, -0.2) is 68.1 Å². The molecule has 2 aliphatic heterocycles. The number of piperazine rings is 1. The maximum absolute atomic E-state index is 12.8. The molecule has 5 nitrogen and oxygen atoms in total. The summed E-state index contributed by atoms with van der Waals surface area (Å²) in [7, 11) is 0. The van der Waals surface area contributed by atoms with Crippen LogP contribution in [-0.2, 0) is 4.79 Å². The molecule has 1 spiro atoms. The zero-order valence-electron chi connectivity index (χ0n) is 15.0. The smallest absolute Gasteiger partial charge is 0.226 e. The summed E-state index contributed by atoms with van der Waals surface area (Å²) in [6.45, 7) is 7.46. The van der Waals surface area contributed by atoms with Gasteiger partial charge in [0.1, 0.15) is 12.4 Å². The van der Waals surface area contributed by atoms with Gasteiger partial charge in [-0.05, 0) is 49.9 Å². The number of carbonyl (C=O) groups excluding carboxylic acids is 1. The second-order valence-corrected chi connectivity index (χ2v) is 7.70. The van der Waals surface area contributed by atoms with Gasteiger partial charge in [-0.25, -0.2) is 0 Å². The van der Waals surface area contributed by atoms with Gasteiger partial charge in [-0.1, -0.05) is 18.2 Å². The topological polar surface area (TPSA) is 44.8 Å². The number of amides is 1. The van der Waals surface area contributed by atoms with E-state index in [1.807, 2.05) is 30.3 Å². The molecule has 3 aliphatic rings. The van der Waals surface area contributed by atoms with Crippen LogP contribution in [0.25, 0.3) is 0 Å². The number of para-hydroxylation sites is 1. The summed E-state index contributed by atoms with van der Waals surface area (Å²) in [6, 6.07) is 9.96. The van der Waals surface area contributed by atoms with E-state index >= 15 is 0 Å². The van der Waals surface area contributed by atoms with Gasteiger partial charge in [-0.15, -0.1) is 0 Å².